The Kier molecular flexibility index (Phi) is 9.53. The standard InChI is InChI=1S/C43H41N3O3/c1-45(2)29-28-34-30-49-42-39(41(47)46(42)38(34)31-48-40(32-18-8-3-9-19-32)33-20-10-4-11-21-33)44-43(35-22-12-5-13-23-35,36-24-14-6-15-25-36)37-26-16-7-17-27-37/h3-29,39-40,42,44H,30-31H2,1-2H3. The highest BCUT2D eigenvalue weighted by Gasteiger charge is 2.55. The Bertz CT molecular complexity index is 1760. The summed E-state index contributed by atoms with van der Waals surface area (Å²) in [6, 6.07) is 50.8. The number of nitrogens with one attached hydrogen (secondary N) is 1. The van der Waals surface area contributed by atoms with Gasteiger partial charge in [-0.15, -0.1) is 0 Å². The van der Waals surface area contributed by atoms with Crippen LogP contribution in [0.2, 0.25) is 0 Å². The number of carbonyl (C=O) groups excluding carboxylic acids is 1. The number of hydrogen-bond acceptors (Lipinski definition) is 5. The molecule has 7 rings (SSSR count). The molecular weight excluding hydrogens is 606 g/mol. The first-order valence-electron chi connectivity index (χ1n) is 16.7. The molecule has 1 N–H and O–H groups in total. The fourth-order valence-electron chi connectivity index (χ4n) is 6.86. The summed E-state index contributed by atoms with van der Waals surface area (Å²) in [6.45, 7) is 0.590. The Morgan fingerprint density at radius 2 is 1.20 bits per heavy atom. The van der Waals surface area contributed by atoms with Crippen molar-refractivity contribution < 1.29 is 14.3 Å². The monoisotopic (exact) mass is 647 g/mol. The highest BCUT2D eigenvalue weighted by atomic mass is 16.5. The summed E-state index contributed by atoms with van der Waals surface area (Å²) in [6.07, 6.45) is 3.19. The number of nitrogens with zero attached hydrogens (tertiary/aromatic N) is 2. The molecule has 6 heteroatoms. The topological polar surface area (TPSA) is 54.0 Å². The molecule has 0 bridgehead atoms. The number of ether oxygens (including phenoxy) is 2. The van der Waals surface area contributed by atoms with Gasteiger partial charge in [-0.3, -0.25) is 15.0 Å². The second kappa shape index (κ2) is 14.5. The van der Waals surface area contributed by atoms with Crippen LogP contribution in [-0.4, -0.2) is 55.3 Å². The van der Waals surface area contributed by atoms with E-state index in [4.69, 9.17) is 9.47 Å². The average molecular weight is 648 g/mol. The van der Waals surface area contributed by atoms with Crippen LogP contribution in [0.25, 0.3) is 0 Å². The van der Waals surface area contributed by atoms with Crippen LogP contribution in [0.3, 0.4) is 0 Å². The maximum absolute atomic E-state index is 14.5. The Hall–Kier alpha value is -5.27. The molecule has 246 valence electrons. The molecule has 49 heavy (non-hydrogen) atoms. The molecule has 1 saturated heterocycles. The van der Waals surface area contributed by atoms with Crippen LogP contribution >= 0.6 is 0 Å². The van der Waals surface area contributed by atoms with Crippen LogP contribution in [0, 0.1) is 0 Å². The van der Waals surface area contributed by atoms with Gasteiger partial charge in [0.15, 0.2) is 6.23 Å². The third-order valence-electron chi connectivity index (χ3n) is 9.27. The first-order chi connectivity index (χ1) is 24.1. The van der Waals surface area contributed by atoms with Crippen LogP contribution in [0.4, 0.5) is 0 Å². The molecular formula is C43H41N3O3. The lowest BCUT2D eigenvalue weighted by atomic mass is 9.75. The molecule has 1 amide bonds. The smallest absolute Gasteiger partial charge is 0.250 e. The van der Waals surface area contributed by atoms with Gasteiger partial charge >= 0.3 is 0 Å². The minimum absolute atomic E-state index is 0.0535. The molecule has 2 atom stereocenters. The van der Waals surface area contributed by atoms with Crippen molar-refractivity contribution in [2.24, 2.45) is 0 Å². The van der Waals surface area contributed by atoms with Crippen LogP contribution < -0.4 is 5.32 Å². The highest BCUT2D eigenvalue weighted by Crippen LogP contribution is 2.42. The van der Waals surface area contributed by atoms with Crippen molar-refractivity contribution >= 4 is 5.91 Å². The van der Waals surface area contributed by atoms with E-state index in [1.807, 2.05) is 122 Å². The van der Waals surface area contributed by atoms with Gasteiger partial charge in [0.25, 0.3) is 5.91 Å². The van der Waals surface area contributed by atoms with Crippen molar-refractivity contribution in [3.05, 3.63) is 203 Å². The van der Waals surface area contributed by atoms with Gasteiger partial charge in [0.2, 0.25) is 0 Å². The molecule has 0 radical (unpaired) electrons. The summed E-state index contributed by atoms with van der Waals surface area (Å²) in [5, 5.41) is 3.86. The zero-order valence-electron chi connectivity index (χ0n) is 27.9. The molecule has 0 aromatic heterocycles. The van der Waals surface area contributed by atoms with E-state index in [2.05, 4.69) is 66.0 Å². The van der Waals surface area contributed by atoms with Crippen molar-refractivity contribution in [2.75, 3.05) is 27.3 Å². The Labute approximate surface area is 288 Å². The zero-order valence-corrected chi connectivity index (χ0v) is 27.9. The molecule has 0 saturated carbocycles. The van der Waals surface area contributed by atoms with Gasteiger partial charge in [0.05, 0.1) is 24.4 Å². The van der Waals surface area contributed by atoms with E-state index in [1.165, 1.54) is 0 Å². The zero-order chi connectivity index (χ0) is 33.6. The number of amides is 1. The normalized spacial score (nSPS) is 17.7. The molecule has 0 spiro atoms. The number of hydrogen-bond donors (Lipinski definition) is 1. The van der Waals surface area contributed by atoms with Gasteiger partial charge in [-0.1, -0.05) is 152 Å². The number of carbonyl (C=O) groups is 1. The maximum Gasteiger partial charge on any atom is 0.250 e. The summed E-state index contributed by atoms with van der Waals surface area (Å²) in [7, 11) is 3.96. The molecule has 5 aromatic carbocycles. The van der Waals surface area contributed by atoms with Crippen molar-refractivity contribution in [2.45, 2.75) is 23.9 Å². The fourth-order valence-corrected chi connectivity index (χ4v) is 6.86. The first-order valence-corrected chi connectivity index (χ1v) is 16.7. The lowest BCUT2D eigenvalue weighted by Gasteiger charge is -2.53. The largest absolute Gasteiger partial charge is 0.383 e. The lowest BCUT2D eigenvalue weighted by molar-refractivity contribution is -0.183. The predicted octanol–water partition coefficient (Wildman–Crippen LogP) is 7.27. The lowest BCUT2D eigenvalue weighted by Crippen LogP contribution is -2.74. The Morgan fingerprint density at radius 1 is 0.755 bits per heavy atom. The minimum atomic E-state index is -0.809. The van der Waals surface area contributed by atoms with Crippen LogP contribution in [-0.2, 0) is 19.8 Å². The summed E-state index contributed by atoms with van der Waals surface area (Å²) in [5.41, 5.74) is 6.14. The van der Waals surface area contributed by atoms with Crippen LogP contribution in [0.15, 0.2) is 175 Å². The summed E-state index contributed by atoms with van der Waals surface area (Å²) >= 11 is 0. The van der Waals surface area contributed by atoms with Crippen molar-refractivity contribution in [3.8, 4) is 0 Å². The third kappa shape index (κ3) is 6.46. The van der Waals surface area contributed by atoms with Crippen molar-refractivity contribution in [1.29, 1.82) is 0 Å². The van der Waals surface area contributed by atoms with Crippen LogP contribution in [0.5, 0.6) is 0 Å². The molecule has 2 aliphatic rings. The number of fused-ring (bicyclic) bond motifs is 1. The summed E-state index contributed by atoms with van der Waals surface area (Å²) < 4.78 is 13.3. The molecule has 2 unspecified atom stereocenters. The Morgan fingerprint density at radius 3 is 1.65 bits per heavy atom. The Balaban J connectivity index is 1.25. The minimum Gasteiger partial charge on any atom is -0.383 e. The van der Waals surface area contributed by atoms with E-state index >= 15 is 0 Å². The second-order valence-electron chi connectivity index (χ2n) is 12.6. The van der Waals surface area contributed by atoms with Gasteiger partial charge in [0.1, 0.15) is 12.1 Å². The molecule has 2 heterocycles. The summed E-state index contributed by atoms with van der Waals surface area (Å²) in [5.74, 6) is -0.0535. The summed E-state index contributed by atoms with van der Waals surface area (Å²) in [4.78, 5) is 18.3. The van der Waals surface area contributed by atoms with Gasteiger partial charge in [-0.25, -0.2) is 0 Å². The SMILES string of the molecule is CN(C)C=CC1=C(COC(c2ccccc2)c2ccccc2)N2C(=O)C(NC(c3ccccc3)(c3ccccc3)c3ccccc3)C2OC1. The second-order valence-corrected chi connectivity index (χ2v) is 12.6. The van der Waals surface area contributed by atoms with Gasteiger partial charge in [-0.05, 0) is 40.1 Å². The molecule has 1 fully saturated rings. The fraction of sp³-hybridized carbons (Fsp3) is 0.186. The quantitative estimate of drug-likeness (QED) is 0.114. The van der Waals surface area contributed by atoms with E-state index in [0.29, 0.717) is 6.61 Å². The van der Waals surface area contributed by atoms with Gasteiger partial charge < -0.3 is 14.4 Å². The van der Waals surface area contributed by atoms with E-state index in [0.717, 1.165) is 39.1 Å². The van der Waals surface area contributed by atoms with Crippen molar-refractivity contribution in [1.82, 2.24) is 15.1 Å². The third-order valence-corrected chi connectivity index (χ3v) is 9.27. The maximum atomic E-state index is 14.5. The van der Waals surface area contributed by atoms with E-state index < -0.39 is 17.8 Å². The van der Waals surface area contributed by atoms with E-state index in [-0.39, 0.29) is 18.6 Å². The molecule has 5 aromatic rings. The van der Waals surface area contributed by atoms with Crippen molar-refractivity contribution in [3.63, 3.8) is 0 Å². The van der Waals surface area contributed by atoms with Crippen LogP contribution in [0.1, 0.15) is 33.9 Å². The molecule has 0 aliphatic carbocycles. The molecule has 6 nitrogen and oxygen atoms in total. The first kappa shape index (κ1) is 32.3. The van der Waals surface area contributed by atoms with Gasteiger partial charge in [-0.2, -0.15) is 0 Å². The highest BCUT2D eigenvalue weighted by molar-refractivity contribution is 5.91. The van der Waals surface area contributed by atoms with Gasteiger partial charge in [0, 0.05) is 19.7 Å². The number of rotatable bonds is 12. The van der Waals surface area contributed by atoms with E-state index in [9.17, 15) is 4.79 Å². The average Bonchev–Trinajstić information content (AvgIpc) is 3.16. The molecule has 2 aliphatic heterocycles. The number of benzene rings is 5. The number of β-lactam (4-membered cyclic amide) rings is 1. The van der Waals surface area contributed by atoms with E-state index in [1.54, 1.807) is 4.90 Å². The predicted molar refractivity (Wildman–Crippen MR) is 193 cm³/mol.